The van der Waals surface area contributed by atoms with Crippen LogP contribution in [0.1, 0.15) is 44.9 Å². The van der Waals surface area contributed by atoms with Crippen LogP contribution in [0.2, 0.25) is 0 Å². The van der Waals surface area contributed by atoms with E-state index in [2.05, 4.69) is 6.58 Å². The predicted molar refractivity (Wildman–Crippen MR) is 60.6 cm³/mol. The van der Waals surface area contributed by atoms with E-state index in [0.717, 1.165) is 6.42 Å². The fourth-order valence-electron chi connectivity index (χ4n) is 2.40. The molecule has 1 fully saturated rings. The number of Topliss-reactive ketones (excluding diaryl/α,β-unsaturated/α-hetero) is 1. The van der Waals surface area contributed by atoms with Crippen LogP contribution in [0.3, 0.4) is 0 Å². The Morgan fingerprint density at radius 3 is 2.65 bits per heavy atom. The lowest BCUT2D eigenvalue weighted by Gasteiger charge is -2.29. The van der Waals surface area contributed by atoms with Crippen LogP contribution in [0.5, 0.6) is 0 Å². The molecule has 0 aliphatic heterocycles. The zero-order chi connectivity index (χ0) is 12.9. The highest BCUT2D eigenvalue weighted by Crippen LogP contribution is 2.40. The molecule has 0 aromatic carbocycles. The molecule has 0 heterocycles. The average molecular weight is 248 g/mol. The molecule has 0 bridgehead atoms. The van der Waals surface area contributed by atoms with E-state index in [1.165, 1.54) is 0 Å². The Labute approximate surface area is 100 Å². The van der Waals surface area contributed by atoms with Gasteiger partial charge in [-0.25, -0.2) is 0 Å². The monoisotopic (exact) mass is 248 g/mol. The van der Waals surface area contributed by atoms with Crippen molar-refractivity contribution in [2.75, 3.05) is 0 Å². The summed E-state index contributed by atoms with van der Waals surface area (Å²) in [5.41, 5.74) is 0. The summed E-state index contributed by atoms with van der Waals surface area (Å²) in [7, 11) is 0. The molecule has 0 N–H and O–H groups in total. The number of ketones is 1. The fourth-order valence-corrected chi connectivity index (χ4v) is 2.40. The van der Waals surface area contributed by atoms with E-state index in [1.807, 2.05) is 0 Å². The summed E-state index contributed by atoms with van der Waals surface area (Å²) in [4.78, 5) is 11.7. The minimum Gasteiger partial charge on any atom is -0.299 e. The van der Waals surface area contributed by atoms with Crippen LogP contribution in [-0.4, -0.2) is 12.0 Å². The largest absolute Gasteiger partial charge is 0.391 e. The molecular weight excluding hydrogens is 229 g/mol. The van der Waals surface area contributed by atoms with E-state index < -0.39 is 12.1 Å². The molecule has 2 unspecified atom stereocenters. The lowest BCUT2D eigenvalue weighted by molar-refractivity contribution is -0.186. The van der Waals surface area contributed by atoms with Crippen LogP contribution in [0.25, 0.3) is 0 Å². The minimum absolute atomic E-state index is 0.000741. The molecular formula is C13H19F3O. The Morgan fingerprint density at radius 2 is 2.06 bits per heavy atom. The van der Waals surface area contributed by atoms with Crippen molar-refractivity contribution in [3.63, 3.8) is 0 Å². The summed E-state index contributed by atoms with van der Waals surface area (Å²) in [6, 6.07) is 0. The van der Waals surface area contributed by atoms with Gasteiger partial charge in [0, 0.05) is 12.3 Å². The summed E-state index contributed by atoms with van der Waals surface area (Å²) in [5.74, 6) is -1.65. The van der Waals surface area contributed by atoms with Gasteiger partial charge in [-0.3, -0.25) is 4.79 Å². The first-order valence-corrected chi connectivity index (χ1v) is 6.15. The Bertz CT molecular complexity index is 270. The predicted octanol–water partition coefficient (Wildman–Crippen LogP) is 4.28. The maximum Gasteiger partial charge on any atom is 0.391 e. The molecule has 1 aliphatic carbocycles. The zero-order valence-corrected chi connectivity index (χ0v) is 9.93. The maximum absolute atomic E-state index is 12.6. The Kier molecular flexibility index (Phi) is 5.22. The van der Waals surface area contributed by atoms with Gasteiger partial charge in [-0.1, -0.05) is 12.5 Å². The number of halogens is 3. The normalized spacial score (nSPS) is 25.6. The molecule has 1 nitrogen and oxygen atoms in total. The number of carbonyl (C=O) groups excluding carboxylic acids is 1. The van der Waals surface area contributed by atoms with E-state index in [1.54, 1.807) is 6.08 Å². The number of alkyl halides is 3. The summed E-state index contributed by atoms with van der Waals surface area (Å²) in [5, 5.41) is 0. The SMILES string of the molecule is C=CCCCC(=O)C1CCCC(C(F)(F)F)C1. The van der Waals surface area contributed by atoms with Gasteiger partial charge in [0.25, 0.3) is 0 Å². The van der Waals surface area contributed by atoms with E-state index in [4.69, 9.17) is 0 Å². The Balaban J connectivity index is 2.43. The average Bonchev–Trinajstić information content (AvgIpc) is 2.28. The van der Waals surface area contributed by atoms with Crippen LogP contribution in [0.4, 0.5) is 13.2 Å². The molecule has 17 heavy (non-hydrogen) atoms. The highest BCUT2D eigenvalue weighted by molar-refractivity contribution is 5.81. The molecule has 0 amide bonds. The Hall–Kier alpha value is -0.800. The molecule has 0 aromatic rings. The molecule has 0 saturated heterocycles. The summed E-state index contributed by atoms with van der Waals surface area (Å²) < 4.78 is 37.7. The number of hydrogen-bond donors (Lipinski definition) is 0. The second kappa shape index (κ2) is 6.22. The van der Waals surface area contributed by atoms with E-state index in [-0.39, 0.29) is 24.5 Å². The number of hydrogen-bond acceptors (Lipinski definition) is 1. The Morgan fingerprint density at radius 1 is 1.35 bits per heavy atom. The van der Waals surface area contributed by atoms with Crippen LogP contribution >= 0.6 is 0 Å². The highest BCUT2D eigenvalue weighted by Gasteiger charge is 2.43. The lowest BCUT2D eigenvalue weighted by atomic mass is 9.78. The first-order chi connectivity index (χ1) is 7.95. The lowest BCUT2D eigenvalue weighted by Crippen LogP contribution is -2.31. The number of rotatable bonds is 5. The third-order valence-electron chi connectivity index (χ3n) is 3.42. The van der Waals surface area contributed by atoms with Crippen LogP contribution in [0.15, 0.2) is 12.7 Å². The van der Waals surface area contributed by atoms with Crippen LogP contribution in [-0.2, 0) is 4.79 Å². The van der Waals surface area contributed by atoms with E-state index >= 15 is 0 Å². The van der Waals surface area contributed by atoms with Gasteiger partial charge < -0.3 is 0 Å². The van der Waals surface area contributed by atoms with Gasteiger partial charge in [-0.15, -0.1) is 6.58 Å². The van der Waals surface area contributed by atoms with Gasteiger partial charge >= 0.3 is 6.18 Å². The molecule has 2 atom stereocenters. The van der Waals surface area contributed by atoms with Crippen molar-refractivity contribution in [1.82, 2.24) is 0 Å². The van der Waals surface area contributed by atoms with E-state index in [9.17, 15) is 18.0 Å². The van der Waals surface area contributed by atoms with Crippen molar-refractivity contribution < 1.29 is 18.0 Å². The fraction of sp³-hybridized carbons (Fsp3) is 0.769. The summed E-state index contributed by atoms with van der Waals surface area (Å²) in [6.45, 7) is 3.55. The van der Waals surface area contributed by atoms with Crippen molar-refractivity contribution in [3.05, 3.63) is 12.7 Å². The topological polar surface area (TPSA) is 17.1 Å². The molecule has 1 aliphatic rings. The smallest absolute Gasteiger partial charge is 0.299 e. The van der Waals surface area contributed by atoms with Crippen molar-refractivity contribution in [2.45, 2.75) is 51.1 Å². The molecule has 4 heteroatoms. The first-order valence-electron chi connectivity index (χ1n) is 6.15. The zero-order valence-electron chi connectivity index (χ0n) is 9.93. The molecule has 1 rings (SSSR count). The molecule has 0 aromatic heterocycles. The summed E-state index contributed by atoms with van der Waals surface area (Å²) in [6.07, 6.45) is 0.753. The maximum atomic E-state index is 12.6. The van der Waals surface area contributed by atoms with E-state index in [0.29, 0.717) is 25.7 Å². The molecule has 1 saturated carbocycles. The van der Waals surface area contributed by atoms with Gasteiger partial charge in [0.05, 0.1) is 5.92 Å². The standard InChI is InChI=1S/C13H19F3O/c1-2-3-4-8-12(17)10-6-5-7-11(9-10)13(14,15)16/h2,10-11H,1,3-9H2. The molecule has 0 radical (unpaired) electrons. The van der Waals surface area contributed by atoms with Crippen LogP contribution in [0, 0.1) is 11.8 Å². The number of allylic oxidation sites excluding steroid dienone is 1. The highest BCUT2D eigenvalue weighted by atomic mass is 19.4. The third-order valence-corrected chi connectivity index (χ3v) is 3.42. The van der Waals surface area contributed by atoms with Gasteiger partial charge in [0.2, 0.25) is 0 Å². The quantitative estimate of drug-likeness (QED) is 0.524. The van der Waals surface area contributed by atoms with Gasteiger partial charge in [-0.2, -0.15) is 13.2 Å². The summed E-state index contributed by atoms with van der Waals surface area (Å²) >= 11 is 0. The van der Waals surface area contributed by atoms with Gasteiger partial charge in [0.1, 0.15) is 5.78 Å². The van der Waals surface area contributed by atoms with Gasteiger partial charge in [-0.05, 0) is 32.1 Å². The molecule has 98 valence electrons. The van der Waals surface area contributed by atoms with Crippen LogP contribution < -0.4 is 0 Å². The van der Waals surface area contributed by atoms with Crippen molar-refractivity contribution >= 4 is 5.78 Å². The second-order valence-electron chi connectivity index (χ2n) is 4.75. The third kappa shape index (κ3) is 4.52. The minimum atomic E-state index is -4.14. The number of carbonyl (C=O) groups is 1. The van der Waals surface area contributed by atoms with Crippen molar-refractivity contribution in [2.24, 2.45) is 11.8 Å². The second-order valence-corrected chi connectivity index (χ2v) is 4.75. The van der Waals surface area contributed by atoms with Crippen molar-refractivity contribution in [1.29, 1.82) is 0 Å². The van der Waals surface area contributed by atoms with Gasteiger partial charge in [0.15, 0.2) is 0 Å². The molecule has 0 spiro atoms. The first kappa shape index (κ1) is 14.3. The number of unbranched alkanes of at least 4 members (excludes halogenated alkanes) is 1. The van der Waals surface area contributed by atoms with Crippen molar-refractivity contribution in [3.8, 4) is 0 Å².